The number of urea groups is 1. The highest BCUT2D eigenvalue weighted by Crippen LogP contribution is 2.27. The minimum Gasteiger partial charge on any atom is -0.351 e. The molecule has 1 aromatic heterocycles. The van der Waals surface area contributed by atoms with E-state index in [1.807, 2.05) is 65.6 Å². The number of aromatic nitrogens is 1. The maximum absolute atomic E-state index is 13.8. The Morgan fingerprint density at radius 2 is 1.53 bits per heavy atom. The molecule has 2 aliphatic rings. The van der Waals surface area contributed by atoms with Gasteiger partial charge in [0.1, 0.15) is 5.54 Å². The smallest absolute Gasteiger partial charge is 0.326 e. The van der Waals surface area contributed by atoms with Gasteiger partial charge in [0.25, 0.3) is 11.8 Å². The summed E-state index contributed by atoms with van der Waals surface area (Å²) in [6.07, 6.45) is 0.811. The summed E-state index contributed by atoms with van der Waals surface area (Å²) in [6.45, 7) is 3.98. The predicted molar refractivity (Wildman–Crippen MR) is 132 cm³/mol. The Hall–Kier alpha value is -3.98. The van der Waals surface area contributed by atoms with Crippen LogP contribution < -0.4 is 5.32 Å². The number of piperazine rings is 1. The lowest BCUT2D eigenvalue weighted by molar-refractivity contribution is -0.133. The van der Waals surface area contributed by atoms with Crippen LogP contribution in [0.5, 0.6) is 0 Å². The van der Waals surface area contributed by atoms with Crippen LogP contribution in [0, 0.1) is 6.92 Å². The van der Waals surface area contributed by atoms with Crippen molar-refractivity contribution in [2.45, 2.75) is 25.3 Å². The molecule has 2 aromatic carbocycles. The van der Waals surface area contributed by atoms with Crippen molar-refractivity contribution in [3.63, 3.8) is 0 Å². The monoisotopic (exact) mass is 487 g/mol. The number of imide groups is 1. The van der Waals surface area contributed by atoms with Crippen LogP contribution in [-0.4, -0.2) is 76.1 Å². The molecule has 2 fully saturated rings. The molecule has 4 amide bonds. The maximum atomic E-state index is 13.8. The summed E-state index contributed by atoms with van der Waals surface area (Å²) in [4.78, 5) is 44.6. The van der Waals surface area contributed by atoms with Gasteiger partial charge in [-0.25, -0.2) is 9.69 Å². The third-order valence-corrected chi connectivity index (χ3v) is 6.78. The Bertz CT molecular complexity index is 1190. The molecule has 9 nitrogen and oxygen atoms in total. The number of benzene rings is 2. The summed E-state index contributed by atoms with van der Waals surface area (Å²) >= 11 is 0. The molecule has 0 unspecified atom stereocenters. The summed E-state index contributed by atoms with van der Waals surface area (Å²) in [7, 11) is 0. The van der Waals surface area contributed by atoms with E-state index in [2.05, 4.69) is 10.5 Å². The van der Waals surface area contributed by atoms with E-state index in [1.165, 1.54) is 4.90 Å². The van der Waals surface area contributed by atoms with Crippen molar-refractivity contribution in [1.82, 2.24) is 25.2 Å². The van der Waals surface area contributed by atoms with Gasteiger partial charge in [-0.1, -0.05) is 65.8 Å². The van der Waals surface area contributed by atoms with Crippen LogP contribution in [0.25, 0.3) is 0 Å². The fraction of sp³-hybridized carbons (Fsp3) is 0.333. The van der Waals surface area contributed by atoms with Crippen LogP contribution in [-0.2, 0) is 17.6 Å². The first-order chi connectivity index (χ1) is 17.4. The van der Waals surface area contributed by atoms with Crippen molar-refractivity contribution in [2.24, 2.45) is 0 Å². The number of carbonyl (C=O) groups is 3. The SMILES string of the molecule is Cc1cc(C(=O)N2CCN(CN3C(=O)NC(Cc4ccccc4)(Cc4ccccc4)C3=O)CC2)on1. The molecule has 9 heteroatoms. The molecule has 36 heavy (non-hydrogen) atoms. The highest BCUT2D eigenvalue weighted by Gasteiger charge is 2.51. The van der Waals surface area contributed by atoms with E-state index in [0.717, 1.165) is 11.1 Å². The number of amides is 4. The molecule has 186 valence electrons. The van der Waals surface area contributed by atoms with Crippen molar-refractivity contribution in [3.8, 4) is 0 Å². The normalized spacial score (nSPS) is 17.9. The predicted octanol–water partition coefficient (Wildman–Crippen LogP) is 2.47. The van der Waals surface area contributed by atoms with E-state index in [0.29, 0.717) is 44.7 Å². The number of nitrogens with one attached hydrogen (secondary N) is 1. The number of nitrogens with zero attached hydrogens (tertiary/aromatic N) is 4. The molecule has 2 saturated heterocycles. The largest absolute Gasteiger partial charge is 0.351 e. The molecule has 0 bridgehead atoms. The third kappa shape index (κ3) is 4.87. The summed E-state index contributed by atoms with van der Waals surface area (Å²) in [5.74, 6) is -0.201. The van der Waals surface area contributed by atoms with Crippen LogP contribution in [0.1, 0.15) is 27.4 Å². The lowest BCUT2D eigenvalue weighted by atomic mass is 9.84. The second kappa shape index (κ2) is 9.94. The highest BCUT2D eigenvalue weighted by molar-refractivity contribution is 6.07. The molecule has 0 radical (unpaired) electrons. The van der Waals surface area contributed by atoms with Gasteiger partial charge in [0.05, 0.1) is 12.4 Å². The summed E-state index contributed by atoms with van der Waals surface area (Å²) in [5, 5.41) is 6.82. The highest BCUT2D eigenvalue weighted by atomic mass is 16.5. The molecule has 0 atom stereocenters. The van der Waals surface area contributed by atoms with Gasteiger partial charge in [0.15, 0.2) is 0 Å². The van der Waals surface area contributed by atoms with E-state index < -0.39 is 5.54 Å². The molecule has 5 rings (SSSR count). The fourth-order valence-electron chi connectivity index (χ4n) is 4.91. The van der Waals surface area contributed by atoms with Gasteiger partial charge in [-0.05, 0) is 18.1 Å². The second-order valence-electron chi connectivity index (χ2n) is 9.45. The number of aryl methyl sites for hydroxylation is 1. The first-order valence-corrected chi connectivity index (χ1v) is 12.1. The van der Waals surface area contributed by atoms with Crippen molar-refractivity contribution >= 4 is 17.8 Å². The van der Waals surface area contributed by atoms with Crippen molar-refractivity contribution in [3.05, 3.63) is 89.3 Å². The molecule has 3 heterocycles. The minimum atomic E-state index is -1.05. The first-order valence-electron chi connectivity index (χ1n) is 12.1. The van der Waals surface area contributed by atoms with E-state index in [9.17, 15) is 14.4 Å². The number of carbonyl (C=O) groups excluding carboxylic acids is 3. The summed E-state index contributed by atoms with van der Waals surface area (Å²) in [5.41, 5.74) is 1.57. The quantitative estimate of drug-likeness (QED) is 0.514. The second-order valence-corrected chi connectivity index (χ2v) is 9.45. The lowest BCUT2D eigenvalue weighted by Crippen LogP contribution is -2.54. The minimum absolute atomic E-state index is 0.180. The van der Waals surface area contributed by atoms with E-state index >= 15 is 0 Å². The van der Waals surface area contributed by atoms with Gasteiger partial charge < -0.3 is 14.7 Å². The molecule has 1 N–H and O–H groups in total. The maximum Gasteiger partial charge on any atom is 0.326 e. The van der Waals surface area contributed by atoms with Gasteiger partial charge in [0.2, 0.25) is 5.76 Å². The molecule has 0 spiro atoms. The van der Waals surface area contributed by atoms with E-state index in [-0.39, 0.29) is 30.3 Å². The van der Waals surface area contributed by atoms with Crippen LogP contribution in [0.3, 0.4) is 0 Å². The number of hydrogen-bond acceptors (Lipinski definition) is 6. The Kier molecular flexibility index (Phi) is 6.56. The zero-order chi connectivity index (χ0) is 25.1. The molecule has 2 aliphatic heterocycles. The van der Waals surface area contributed by atoms with Crippen molar-refractivity contribution in [2.75, 3.05) is 32.8 Å². The van der Waals surface area contributed by atoms with Crippen LogP contribution >= 0.6 is 0 Å². The average Bonchev–Trinajstić information content (AvgIpc) is 3.42. The van der Waals surface area contributed by atoms with Crippen LogP contribution in [0.15, 0.2) is 71.3 Å². The molecular weight excluding hydrogens is 458 g/mol. The number of hydrogen-bond donors (Lipinski definition) is 1. The Morgan fingerprint density at radius 3 is 2.06 bits per heavy atom. The average molecular weight is 488 g/mol. The lowest BCUT2D eigenvalue weighted by Gasteiger charge is -2.35. The fourth-order valence-corrected chi connectivity index (χ4v) is 4.91. The molecule has 0 saturated carbocycles. The van der Waals surface area contributed by atoms with Crippen molar-refractivity contribution in [1.29, 1.82) is 0 Å². The topological polar surface area (TPSA) is 99.0 Å². The van der Waals surface area contributed by atoms with Gasteiger partial charge >= 0.3 is 6.03 Å². The molecule has 3 aromatic rings. The summed E-state index contributed by atoms with van der Waals surface area (Å²) < 4.78 is 5.10. The third-order valence-electron chi connectivity index (χ3n) is 6.78. The van der Waals surface area contributed by atoms with Gasteiger partial charge in [-0.15, -0.1) is 0 Å². The van der Waals surface area contributed by atoms with Gasteiger partial charge in [-0.3, -0.25) is 14.5 Å². The van der Waals surface area contributed by atoms with Gasteiger partial charge in [0, 0.05) is 45.1 Å². The Morgan fingerprint density at radius 1 is 0.944 bits per heavy atom. The molecule has 0 aliphatic carbocycles. The Labute approximate surface area is 209 Å². The standard InChI is InChI=1S/C27H29N5O4/c1-20-16-23(36-29-20)24(33)31-14-12-30(13-15-31)19-32-25(34)27(28-26(32)35,17-21-8-4-2-5-9-21)18-22-10-6-3-7-11-22/h2-11,16H,12-15,17-19H2,1H3,(H,28,35). The van der Waals surface area contributed by atoms with Crippen LogP contribution in [0.4, 0.5) is 4.79 Å². The van der Waals surface area contributed by atoms with Gasteiger partial charge in [-0.2, -0.15) is 0 Å². The zero-order valence-corrected chi connectivity index (χ0v) is 20.2. The Balaban J connectivity index is 1.28. The first kappa shape index (κ1) is 23.7. The summed E-state index contributed by atoms with van der Waals surface area (Å²) in [6, 6.07) is 20.7. The van der Waals surface area contributed by atoms with Crippen LogP contribution in [0.2, 0.25) is 0 Å². The number of rotatable bonds is 7. The molecular formula is C27H29N5O4. The van der Waals surface area contributed by atoms with E-state index in [4.69, 9.17) is 4.52 Å². The van der Waals surface area contributed by atoms with E-state index in [1.54, 1.807) is 17.9 Å². The van der Waals surface area contributed by atoms with Crippen molar-refractivity contribution < 1.29 is 18.9 Å². The zero-order valence-electron chi connectivity index (χ0n) is 20.2.